The number of hydrogen-bond acceptors (Lipinski definition) is 3. The van der Waals surface area contributed by atoms with E-state index in [0.717, 1.165) is 12.2 Å². The quantitative estimate of drug-likeness (QED) is 0.887. The average molecular weight is 235 g/mol. The molecule has 2 N–H and O–H groups in total. The van der Waals surface area contributed by atoms with Crippen LogP contribution < -0.4 is 5.73 Å². The highest BCUT2D eigenvalue weighted by molar-refractivity contribution is 7.11. The van der Waals surface area contributed by atoms with Crippen molar-refractivity contribution in [3.05, 3.63) is 38.8 Å². The first kappa shape index (κ1) is 11.4. The summed E-state index contributed by atoms with van der Waals surface area (Å²) in [5, 5.41) is 4.53. The van der Waals surface area contributed by atoms with Crippen LogP contribution in [-0.4, -0.2) is 9.78 Å². The smallest absolute Gasteiger partial charge is 0.0755 e. The summed E-state index contributed by atoms with van der Waals surface area (Å²) in [6, 6.07) is 4.23. The molecule has 0 atom stereocenters. The molecule has 0 amide bonds. The van der Waals surface area contributed by atoms with Crippen molar-refractivity contribution in [2.45, 2.75) is 33.9 Å². The van der Waals surface area contributed by atoms with E-state index in [0.29, 0.717) is 6.54 Å². The fraction of sp³-hybridized carbons (Fsp3) is 0.417. The Morgan fingerprint density at radius 3 is 2.44 bits per heavy atom. The van der Waals surface area contributed by atoms with E-state index < -0.39 is 0 Å². The zero-order valence-electron chi connectivity index (χ0n) is 9.95. The highest BCUT2D eigenvalue weighted by Gasteiger charge is 2.08. The van der Waals surface area contributed by atoms with Crippen LogP contribution >= 0.6 is 11.3 Å². The molecule has 0 saturated carbocycles. The maximum absolute atomic E-state index is 5.60. The molecule has 0 aromatic carbocycles. The molecule has 0 saturated heterocycles. The van der Waals surface area contributed by atoms with Gasteiger partial charge in [0.25, 0.3) is 0 Å². The van der Waals surface area contributed by atoms with Gasteiger partial charge in [0.2, 0.25) is 0 Å². The van der Waals surface area contributed by atoms with Crippen molar-refractivity contribution in [1.82, 2.24) is 9.78 Å². The van der Waals surface area contributed by atoms with Gasteiger partial charge in [-0.25, -0.2) is 0 Å². The predicted molar refractivity (Wildman–Crippen MR) is 67.8 cm³/mol. The molecular weight excluding hydrogens is 218 g/mol. The molecule has 3 nitrogen and oxygen atoms in total. The van der Waals surface area contributed by atoms with Gasteiger partial charge >= 0.3 is 0 Å². The molecule has 86 valence electrons. The minimum absolute atomic E-state index is 0.626. The molecule has 0 spiro atoms. The number of nitrogens with two attached hydrogens (primary N) is 1. The number of aromatic nitrogens is 2. The lowest BCUT2D eigenvalue weighted by Crippen LogP contribution is -2.02. The summed E-state index contributed by atoms with van der Waals surface area (Å²) >= 11 is 1.77. The van der Waals surface area contributed by atoms with Gasteiger partial charge in [-0.2, -0.15) is 5.10 Å². The van der Waals surface area contributed by atoms with Gasteiger partial charge in [-0.1, -0.05) is 0 Å². The number of nitrogens with zero attached hydrogens (tertiary/aromatic N) is 2. The third-order valence-corrected chi connectivity index (χ3v) is 4.06. The number of aryl methyl sites for hydroxylation is 1. The second-order valence-corrected chi connectivity index (χ2v) is 5.28. The molecular formula is C12H17N3S. The summed E-state index contributed by atoms with van der Waals surface area (Å²) in [5.74, 6) is 0. The zero-order valence-corrected chi connectivity index (χ0v) is 10.8. The summed E-state index contributed by atoms with van der Waals surface area (Å²) in [5.41, 5.74) is 9.26. The van der Waals surface area contributed by atoms with Crippen molar-refractivity contribution >= 4 is 11.3 Å². The molecule has 2 heterocycles. The lowest BCUT2D eigenvalue weighted by Gasteiger charge is -2.01. The van der Waals surface area contributed by atoms with Crippen molar-refractivity contribution in [1.29, 1.82) is 0 Å². The third-order valence-electron chi connectivity index (χ3n) is 2.97. The van der Waals surface area contributed by atoms with Crippen molar-refractivity contribution < 1.29 is 0 Å². The molecule has 2 aromatic heterocycles. The van der Waals surface area contributed by atoms with Crippen molar-refractivity contribution in [2.24, 2.45) is 5.73 Å². The summed E-state index contributed by atoms with van der Waals surface area (Å²) < 4.78 is 2.07. The van der Waals surface area contributed by atoms with E-state index in [9.17, 15) is 0 Å². The van der Waals surface area contributed by atoms with E-state index in [1.165, 1.54) is 21.0 Å². The second kappa shape index (κ2) is 4.39. The number of thiophene rings is 1. The summed E-state index contributed by atoms with van der Waals surface area (Å²) in [7, 11) is 0. The molecule has 2 rings (SSSR count). The molecule has 0 radical (unpaired) electrons. The van der Waals surface area contributed by atoms with Gasteiger partial charge in [0, 0.05) is 22.0 Å². The van der Waals surface area contributed by atoms with Crippen LogP contribution in [0.1, 0.15) is 26.7 Å². The summed E-state index contributed by atoms with van der Waals surface area (Å²) in [4.78, 5) is 2.54. The normalized spacial score (nSPS) is 11.0. The first-order valence-corrected chi connectivity index (χ1v) is 6.21. The van der Waals surface area contributed by atoms with E-state index in [4.69, 9.17) is 5.73 Å². The highest BCUT2D eigenvalue weighted by Crippen LogP contribution is 2.19. The Hall–Kier alpha value is -1.13. The van der Waals surface area contributed by atoms with Crippen LogP contribution in [0.25, 0.3) is 0 Å². The average Bonchev–Trinajstić information content (AvgIpc) is 2.81. The van der Waals surface area contributed by atoms with Crippen LogP contribution in [-0.2, 0) is 13.1 Å². The van der Waals surface area contributed by atoms with E-state index in [2.05, 4.69) is 42.7 Å². The van der Waals surface area contributed by atoms with Crippen LogP contribution in [0, 0.1) is 20.8 Å². The first-order chi connectivity index (χ1) is 7.61. The fourth-order valence-electron chi connectivity index (χ4n) is 1.71. The zero-order chi connectivity index (χ0) is 11.7. The largest absolute Gasteiger partial charge is 0.326 e. The number of hydrogen-bond donors (Lipinski definition) is 1. The monoisotopic (exact) mass is 235 g/mol. The molecule has 0 aliphatic carbocycles. The molecule has 16 heavy (non-hydrogen) atoms. The Bertz CT molecular complexity index is 496. The van der Waals surface area contributed by atoms with Crippen molar-refractivity contribution in [3.8, 4) is 0 Å². The molecule has 2 aromatic rings. The molecule has 4 heteroatoms. The van der Waals surface area contributed by atoms with Crippen LogP contribution in [0.15, 0.2) is 12.1 Å². The van der Waals surface area contributed by atoms with Crippen LogP contribution in [0.2, 0.25) is 0 Å². The fourth-order valence-corrected chi connectivity index (χ4v) is 2.58. The van der Waals surface area contributed by atoms with Gasteiger partial charge in [-0.3, -0.25) is 4.68 Å². The Labute approximate surface area is 99.9 Å². The van der Waals surface area contributed by atoms with Crippen LogP contribution in [0.3, 0.4) is 0 Å². The maximum atomic E-state index is 5.60. The van der Waals surface area contributed by atoms with Gasteiger partial charge in [0.05, 0.1) is 12.2 Å². The van der Waals surface area contributed by atoms with E-state index >= 15 is 0 Å². The Balaban J connectivity index is 2.23. The van der Waals surface area contributed by atoms with Gasteiger partial charge < -0.3 is 5.73 Å². The number of rotatable bonds is 3. The first-order valence-electron chi connectivity index (χ1n) is 5.40. The molecule has 0 aliphatic rings. The Morgan fingerprint density at radius 1 is 1.25 bits per heavy atom. The van der Waals surface area contributed by atoms with E-state index in [1.54, 1.807) is 11.3 Å². The van der Waals surface area contributed by atoms with Gasteiger partial charge in [0.15, 0.2) is 0 Å². The second-order valence-electron chi connectivity index (χ2n) is 4.03. The van der Waals surface area contributed by atoms with E-state index in [1.807, 2.05) is 0 Å². The summed E-state index contributed by atoms with van der Waals surface area (Å²) in [6.07, 6.45) is 0. The lowest BCUT2D eigenvalue weighted by molar-refractivity contribution is 0.665. The maximum Gasteiger partial charge on any atom is 0.0755 e. The van der Waals surface area contributed by atoms with Crippen molar-refractivity contribution in [3.63, 3.8) is 0 Å². The predicted octanol–water partition coefficient (Wildman–Crippen LogP) is 2.38. The van der Waals surface area contributed by atoms with Crippen LogP contribution in [0.5, 0.6) is 0 Å². The lowest BCUT2D eigenvalue weighted by atomic mass is 10.2. The SMILES string of the molecule is Cc1nn(Cc2ccc(CN)s2)c(C)c1C. The molecule has 0 bridgehead atoms. The minimum Gasteiger partial charge on any atom is -0.326 e. The Kier molecular flexibility index (Phi) is 3.12. The minimum atomic E-state index is 0.626. The van der Waals surface area contributed by atoms with E-state index in [-0.39, 0.29) is 0 Å². The summed E-state index contributed by atoms with van der Waals surface area (Å²) in [6.45, 7) is 7.77. The molecule has 0 fully saturated rings. The van der Waals surface area contributed by atoms with Gasteiger partial charge in [0.1, 0.15) is 0 Å². The molecule has 0 aliphatic heterocycles. The topological polar surface area (TPSA) is 43.8 Å². The highest BCUT2D eigenvalue weighted by atomic mass is 32.1. The van der Waals surface area contributed by atoms with Crippen molar-refractivity contribution in [2.75, 3.05) is 0 Å². The van der Waals surface area contributed by atoms with Crippen LogP contribution in [0.4, 0.5) is 0 Å². The van der Waals surface area contributed by atoms with Gasteiger partial charge in [-0.15, -0.1) is 11.3 Å². The van der Waals surface area contributed by atoms with Gasteiger partial charge in [-0.05, 0) is 38.5 Å². The Morgan fingerprint density at radius 2 is 1.94 bits per heavy atom. The third kappa shape index (κ3) is 2.03. The standard InChI is InChI=1S/C12H17N3S/c1-8-9(2)14-15(10(8)3)7-12-5-4-11(6-13)16-12/h4-5H,6-7,13H2,1-3H3. The molecule has 0 unspecified atom stereocenters.